The summed E-state index contributed by atoms with van der Waals surface area (Å²) in [4.78, 5) is 3.95. The minimum atomic E-state index is -1.05. The third-order valence-electron chi connectivity index (χ3n) is 2.69. The second-order valence-electron chi connectivity index (χ2n) is 3.94. The molecule has 96 valence electrons. The van der Waals surface area contributed by atoms with Crippen LogP contribution in [0.3, 0.4) is 0 Å². The maximum Gasteiger partial charge on any atom is 0.143 e. The van der Waals surface area contributed by atoms with Gasteiger partial charge in [-0.05, 0) is 28.1 Å². The Morgan fingerprint density at radius 2 is 2.17 bits per heavy atom. The molecule has 1 unspecified atom stereocenters. The van der Waals surface area contributed by atoms with Crippen molar-refractivity contribution in [2.24, 2.45) is 7.05 Å². The lowest BCUT2D eigenvalue weighted by atomic mass is 10.1. The molecule has 2 rings (SSSR count). The van der Waals surface area contributed by atoms with E-state index in [1.807, 2.05) is 0 Å². The van der Waals surface area contributed by atoms with Crippen molar-refractivity contribution in [3.63, 3.8) is 0 Å². The number of nitrogens with zero attached hydrogens (tertiary/aromatic N) is 2. The fraction of sp³-hybridized carbons (Fsp3) is 0.250. The molecule has 0 aliphatic heterocycles. The molecule has 0 spiro atoms. The molecule has 0 bridgehead atoms. The Hall–Kier alpha value is -1.27. The van der Waals surface area contributed by atoms with Crippen molar-refractivity contribution >= 4 is 15.9 Å². The highest BCUT2D eigenvalue weighted by Crippen LogP contribution is 2.25. The number of aryl methyl sites for hydroxylation is 1. The maximum atomic E-state index is 13.7. The van der Waals surface area contributed by atoms with E-state index in [2.05, 4.69) is 20.9 Å². The van der Waals surface area contributed by atoms with Crippen LogP contribution in [0.2, 0.25) is 0 Å². The number of hydrogen-bond acceptors (Lipinski definition) is 2. The summed E-state index contributed by atoms with van der Waals surface area (Å²) in [7, 11) is 1.71. The molecular formula is C12H11BrF2N2O. The zero-order valence-corrected chi connectivity index (χ0v) is 11.2. The van der Waals surface area contributed by atoms with Gasteiger partial charge in [0, 0.05) is 31.4 Å². The summed E-state index contributed by atoms with van der Waals surface area (Å²) in [5, 5.41) is 9.95. The van der Waals surface area contributed by atoms with Gasteiger partial charge in [0.05, 0.1) is 4.47 Å². The number of rotatable bonds is 3. The van der Waals surface area contributed by atoms with E-state index in [0.717, 1.165) is 6.07 Å². The monoisotopic (exact) mass is 316 g/mol. The SMILES string of the molecule is Cn1ccnc1C(O)Cc1c(F)ccc(Br)c1F. The minimum Gasteiger partial charge on any atom is -0.385 e. The first-order valence-electron chi connectivity index (χ1n) is 5.28. The Balaban J connectivity index is 2.30. The maximum absolute atomic E-state index is 13.7. The molecule has 1 N–H and O–H groups in total. The predicted octanol–water partition coefficient (Wildman–Crippen LogP) is 2.74. The molecule has 1 heterocycles. The number of halogens is 3. The Morgan fingerprint density at radius 1 is 1.44 bits per heavy atom. The molecular weight excluding hydrogens is 306 g/mol. The first kappa shape index (κ1) is 13.2. The highest BCUT2D eigenvalue weighted by atomic mass is 79.9. The van der Waals surface area contributed by atoms with Crippen molar-refractivity contribution in [1.82, 2.24) is 9.55 Å². The lowest BCUT2D eigenvalue weighted by Gasteiger charge is -2.12. The highest BCUT2D eigenvalue weighted by Gasteiger charge is 2.19. The Morgan fingerprint density at radius 3 is 2.78 bits per heavy atom. The molecule has 1 atom stereocenters. The third-order valence-corrected chi connectivity index (χ3v) is 3.31. The van der Waals surface area contributed by atoms with Gasteiger partial charge in [0.15, 0.2) is 0 Å². The van der Waals surface area contributed by atoms with Crippen molar-refractivity contribution in [2.45, 2.75) is 12.5 Å². The van der Waals surface area contributed by atoms with Gasteiger partial charge in [-0.25, -0.2) is 13.8 Å². The average molecular weight is 317 g/mol. The van der Waals surface area contributed by atoms with Crippen LogP contribution in [0, 0.1) is 11.6 Å². The summed E-state index contributed by atoms with van der Waals surface area (Å²) in [5.41, 5.74) is -0.153. The van der Waals surface area contributed by atoms with Crippen LogP contribution < -0.4 is 0 Å². The second kappa shape index (κ2) is 5.16. The van der Waals surface area contributed by atoms with Crippen molar-refractivity contribution < 1.29 is 13.9 Å². The van der Waals surface area contributed by atoms with Gasteiger partial charge in [0.1, 0.15) is 23.6 Å². The van der Waals surface area contributed by atoms with E-state index in [4.69, 9.17) is 0 Å². The normalized spacial score (nSPS) is 12.7. The average Bonchev–Trinajstić information content (AvgIpc) is 2.76. The van der Waals surface area contributed by atoms with E-state index in [1.54, 1.807) is 17.8 Å². The van der Waals surface area contributed by atoms with E-state index in [1.165, 1.54) is 12.3 Å². The van der Waals surface area contributed by atoms with Gasteiger partial charge in [0.25, 0.3) is 0 Å². The van der Waals surface area contributed by atoms with E-state index in [-0.39, 0.29) is 16.5 Å². The number of aliphatic hydroxyl groups is 1. The van der Waals surface area contributed by atoms with Crippen molar-refractivity contribution in [2.75, 3.05) is 0 Å². The molecule has 0 radical (unpaired) electrons. The molecule has 0 fully saturated rings. The Kier molecular flexibility index (Phi) is 3.77. The van der Waals surface area contributed by atoms with Crippen LogP contribution in [0.15, 0.2) is 29.0 Å². The number of imidazole rings is 1. The molecule has 18 heavy (non-hydrogen) atoms. The Bertz CT molecular complexity index is 571. The van der Waals surface area contributed by atoms with Crippen molar-refractivity contribution in [3.8, 4) is 0 Å². The first-order valence-corrected chi connectivity index (χ1v) is 6.07. The fourth-order valence-electron chi connectivity index (χ4n) is 1.74. The van der Waals surface area contributed by atoms with Crippen molar-refractivity contribution in [1.29, 1.82) is 0 Å². The summed E-state index contributed by atoms with van der Waals surface area (Å²) >= 11 is 2.99. The minimum absolute atomic E-state index is 0.153. The van der Waals surface area contributed by atoms with Crippen LogP contribution >= 0.6 is 15.9 Å². The van der Waals surface area contributed by atoms with Crippen molar-refractivity contribution in [3.05, 3.63) is 52.0 Å². The zero-order valence-electron chi connectivity index (χ0n) is 9.57. The molecule has 0 aliphatic rings. The summed E-state index contributed by atoms with van der Waals surface area (Å²) in [6.07, 6.45) is 1.96. The Labute approximate surface area is 111 Å². The number of hydrogen-bond donors (Lipinski definition) is 1. The van der Waals surface area contributed by atoms with Gasteiger partial charge < -0.3 is 9.67 Å². The number of benzene rings is 1. The summed E-state index contributed by atoms with van der Waals surface area (Å²) in [6, 6.07) is 2.45. The summed E-state index contributed by atoms with van der Waals surface area (Å²) in [5.74, 6) is -0.999. The van der Waals surface area contributed by atoms with Gasteiger partial charge in [-0.1, -0.05) is 0 Å². The van der Waals surface area contributed by atoms with Crippen LogP contribution in [0.1, 0.15) is 17.5 Å². The topological polar surface area (TPSA) is 38.0 Å². The molecule has 0 saturated carbocycles. The van der Waals surface area contributed by atoms with Crippen LogP contribution in [0.5, 0.6) is 0 Å². The second-order valence-corrected chi connectivity index (χ2v) is 4.79. The van der Waals surface area contributed by atoms with E-state index in [9.17, 15) is 13.9 Å². The van der Waals surface area contributed by atoms with Gasteiger partial charge in [-0.3, -0.25) is 0 Å². The molecule has 2 aromatic rings. The summed E-state index contributed by atoms with van der Waals surface area (Å²) in [6.45, 7) is 0. The molecule has 1 aromatic carbocycles. The quantitative estimate of drug-likeness (QED) is 0.884. The lowest BCUT2D eigenvalue weighted by Crippen LogP contribution is -2.10. The molecule has 0 aliphatic carbocycles. The van der Waals surface area contributed by atoms with Gasteiger partial charge >= 0.3 is 0 Å². The van der Waals surface area contributed by atoms with E-state index >= 15 is 0 Å². The van der Waals surface area contributed by atoms with Crippen LogP contribution in [0.25, 0.3) is 0 Å². The van der Waals surface area contributed by atoms with E-state index < -0.39 is 17.7 Å². The van der Waals surface area contributed by atoms with Gasteiger partial charge in [0.2, 0.25) is 0 Å². The van der Waals surface area contributed by atoms with Gasteiger partial charge in [-0.15, -0.1) is 0 Å². The zero-order chi connectivity index (χ0) is 13.3. The predicted molar refractivity (Wildman–Crippen MR) is 65.9 cm³/mol. The molecule has 1 aromatic heterocycles. The lowest BCUT2D eigenvalue weighted by molar-refractivity contribution is 0.162. The molecule has 6 heteroatoms. The van der Waals surface area contributed by atoms with E-state index in [0.29, 0.717) is 5.82 Å². The number of aromatic nitrogens is 2. The standard InChI is InChI=1S/C12H11BrF2N2O/c1-17-5-4-16-12(17)10(18)6-7-9(14)3-2-8(13)11(7)15/h2-5,10,18H,6H2,1H3. The summed E-state index contributed by atoms with van der Waals surface area (Å²) < 4.78 is 29.1. The van der Waals surface area contributed by atoms with Crippen LogP contribution in [0.4, 0.5) is 8.78 Å². The smallest absolute Gasteiger partial charge is 0.143 e. The number of aliphatic hydroxyl groups excluding tert-OH is 1. The first-order chi connectivity index (χ1) is 8.50. The third kappa shape index (κ3) is 2.44. The van der Waals surface area contributed by atoms with Crippen LogP contribution in [-0.2, 0) is 13.5 Å². The fourth-order valence-corrected chi connectivity index (χ4v) is 2.11. The molecule has 0 amide bonds. The highest BCUT2D eigenvalue weighted by molar-refractivity contribution is 9.10. The largest absolute Gasteiger partial charge is 0.385 e. The molecule has 0 saturated heterocycles. The van der Waals surface area contributed by atoms with Gasteiger partial charge in [-0.2, -0.15) is 0 Å². The van der Waals surface area contributed by atoms with Crippen LogP contribution in [-0.4, -0.2) is 14.7 Å². The molecule has 3 nitrogen and oxygen atoms in total.